The van der Waals surface area contributed by atoms with Gasteiger partial charge >= 0.3 is 0 Å². The highest BCUT2D eigenvalue weighted by Crippen LogP contribution is 2.20. The topological polar surface area (TPSA) is 29.1 Å². The van der Waals surface area contributed by atoms with Crippen molar-refractivity contribution in [2.24, 2.45) is 0 Å². The molecule has 0 bridgehead atoms. The second-order valence-electron chi connectivity index (χ2n) is 5.32. The van der Waals surface area contributed by atoms with Gasteiger partial charge < -0.3 is 5.32 Å². The highest BCUT2D eigenvalue weighted by Gasteiger charge is 2.26. The van der Waals surface area contributed by atoms with Gasteiger partial charge in [0.2, 0.25) is 0 Å². The third kappa shape index (κ3) is 2.90. The molecular weight excluding hydrogens is 258 g/mol. The normalized spacial score (nSPS) is 13.3. The fraction of sp³-hybridized carbons (Fsp3) is 0.312. The predicted octanol–water partition coefficient (Wildman–Crippen LogP) is 3.98. The Hall–Kier alpha value is -1.54. The van der Waals surface area contributed by atoms with Crippen LogP contribution in [-0.4, -0.2) is 16.8 Å². The van der Waals surface area contributed by atoms with Crippen LogP contribution < -0.4 is 5.32 Å². The lowest BCUT2D eigenvalue weighted by Gasteiger charge is -2.29. The number of hydrogen-bond acceptors (Lipinski definition) is 1. The number of carbonyl (C=O) groups is 1. The Labute approximate surface area is 118 Å². The van der Waals surface area contributed by atoms with Gasteiger partial charge in [0.25, 0.3) is 5.91 Å². The Bertz CT molecular complexity index is 599. The average molecular weight is 276 g/mol. The zero-order valence-corrected chi connectivity index (χ0v) is 12.2. The third-order valence-corrected chi connectivity index (χ3v) is 4.01. The quantitative estimate of drug-likeness (QED) is 0.844. The second-order valence-corrected chi connectivity index (χ2v) is 5.97. The first-order valence-corrected chi connectivity index (χ1v) is 6.80. The van der Waals surface area contributed by atoms with Crippen LogP contribution in [0.1, 0.15) is 31.1 Å². The van der Waals surface area contributed by atoms with Crippen molar-refractivity contribution in [2.45, 2.75) is 31.7 Å². The molecule has 2 rings (SSSR count). The highest BCUT2D eigenvalue weighted by atomic mass is 35.5. The molecular formula is C16H18ClNO. The van der Waals surface area contributed by atoms with E-state index in [-0.39, 0.29) is 11.3 Å². The van der Waals surface area contributed by atoms with Crippen molar-refractivity contribution in [3.63, 3.8) is 0 Å². The molecule has 19 heavy (non-hydrogen) atoms. The van der Waals surface area contributed by atoms with Gasteiger partial charge in [0.05, 0.1) is 10.9 Å². The first kappa shape index (κ1) is 13.9. The van der Waals surface area contributed by atoms with Crippen LogP contribution in [0.2, 0.25) is 0 Å². The van der Waals surface area contributed by atoms with E-state index in [0.29, 0.717) is 5.56 Å². The van der Waals surface area contributed by atoms with Gasteiger partial charge in [0.15, 0.2) is 0 Å². The summed E-state index contributed by atoms with van der Waals surface area (Å²) in [6.07, 6.45) is 0. The molecule has 2 nitrogen and oxygen atoms in total. The van der Waals surface area contributed by atoms with Gasteiger partial charge in [0.1, 0.15) is 0 Å². The lowest BCUT2D eigenvalue weighted by atomic mass is 9.99. The van der Waals surface area contributed by atoms with E-state index in [1.807, 2.05) is 63.2 Å². The average Bonchev–Trinajstić information content (AvgIpc) is 2.37. The standard InChI is InChI=1S/C16H18ClNO/c1-11(17)16(2,3)18-15(19)14-10-6-8-12-7-4-5-9-13(12)14/h4-11H,1-3H3,(H,18,19). The number of carbonyl (C=O) groups excluding carboxylic acids is 1. The highest BCUT2D eigenvalue weighted by molar-refractivity contribution is 6.21. The van der Waals surface area contributed by atoms with Crippen LogP contribution in [0.5, 0.6) is 0 Å². The van der Waals surface area contributed by atoms with E-state index in [9.17, 15) is 4.79 Å². The summed E-state index contributed by atoms with van der Waals surface area (Å²) in [7, 11) is 0. The molecule has 0 fully saturated rings. The molecule has 1 unspecified atom stereocenters. The van der Waals surface area contributed by atoms with Gasteiger partial charge in [-0.2, -0.15) is 0 Å². The summed E-state index contributed by atoms with van der Waals surface area (Å²) in [5.74, 6) is -0.0886. The monoisotopic (exact) mass is 275 g/mol. The molecule has 2 aromatic carbocycles. The number of nitrogens with one attached hydrogen (secondary N) is 1. The fourth-order valence-corrected chi connectivity index (χ4v) is 1.94. The number of rotatable bonds is 3. The smallest absolute Gasteiger partial charge is 0.252 e. The van der Waals surface area contributed by atoms with Crippen molar-refractivity contribution in [1.82, 2.24) is 5.32 Å². The zero-order chi connectivity index (χ0) is 14.0. The zero-order valence-electron chi connectivity index (χ0n) is 11.4. The predicted molar refractivity (Wildman–Crippen MR) is 80.8 cm³/mol. The van der Waals surface area contributed by atoms with Crippen LogP contribution in [0.4, 0.5) is 0 Å². The van der Waals surface area contributed by atoms with Crippen molar-refractivity contribution in [1.29, 1.82) is 0 Å². The van der Waals surface area contributed by atoms with E-state index in [0.717, 1.165) is 10.8 Å². The summed E-state index contributed by atoms with van der Waals surface area (Å²) in [4.78, 5) is 12.4. The summed E-state index contributed by atoms with van der Waals surface area (Å²) < 4.78 is 0. The molecule has 0 heterocycles. The maximum absolute atomic E-state index is 12.4. The Balaban J connectivity index is 2.37. The van der Waals surface area contributed by atoms with Crippen molar-refractivity contribution >= 4 is 28.3 Å². The summed E-state index contributed by atoms with van der Waals surface area (Å²) in [5.41, 5.74) is 0.235. The summed E-state index contributed by atoms with van der Waals surface area (Å²) >= 11 is 6.10. The van der Waals surface area contributed by atoms with Crippen molar-refractivity contribution in [3.05, 3.63) is 48.0 Å². The number of benzene rings is 2. The minimum atomic E-state index is -0.449. The van der Waals surface area contributed by atoms with Crippen LogP contribution in [0, 0.1) is 0 Å². The van der Waals surface area contributed by atoms with E-state index in [1.54, 1.807) is 0 Å². The Morgan fingerprint density at radius 1 is 1.16 bits per heavy atom. The maximum Gasteiger partial charge on any atom is 0.252 e. The largest absolute Gasteiger partial charge is 0.346 e. The molecule has 0 aliphatic heterocycles. The summed E-state index contributed by atoms with van der Waals surface area (Å²) in [6, 6.07) is 13.6. The molecule has 0 aliphatic rings. The second kappa shape index (κ2) is 5.22. The fourth-order valence-electron chi connectivity index (χ4n) is 1.88. The van der Waals surface area contributed by atoms with E-state index in [4.69, 9.17) is 11.6 Å². The van der Waals surface area contributed by atoms with Crippen LogP contribution in [-0.2, 0) is 0 Å². The minimum Gasteiger partial charge on any atom is -0.346 e. The maximum atomic E-state index is 12.4. The molecule has 2 aromatic rings. The van der Waals surface area contributed by atoms with Gasteiger partial charge in [-0.25, -0.2) is 0 Å². The molecule has 0 saturated carbocycles. The molecule has 0 aliphatic carbocycles. The molecule has 0 spiro atoms. The first-order chi connectivity index (χ1) is 8.92. The molecule has 1 N–H and O–H groups in total. The van der Waals surface area contributed by atoms with Crippen LogP contribution in [0.3, 0.4) is 0 Å². The molecule has 0 radical (unpaired) electrons. The van der Waals surface area contributed by atoms with Gasteiger partial charge in [-0.15, -0.1) is 11.6 Å². The number of amides is 1. The van der Waals surface area contributed by atoms with Gasteiger partial charge in [-0.05, 0) is 37.6 Å². The van der Waals surface area contributed by atoms with E-state index in [1.165, 1.54) is 0 Å². The van der Waals surface area contributed by atoms with Gasteiger partial charge in [-0.3, -0.25) is 4.79 Å². The molecule has 0 saturated heterocycles. The molecule has 0 aromatic heterocycles. The summed E-state index contributed by atoms with van der Waals surface area (Å²) in [6.45, 7) is 5.73. The van der Waals surface area contributed by atoms with Gasteiger partial charge in [0, 0.05) is 5.56 Å². The molecule has 3 heteroatoms. The number of alkyl halides is 1. The van der Waals surface area contributed by atoms with E-state index < -0.39 is 5.54 Å². The minimum absolute atomic E-state index is 0.0886. The van der Waals surface area contributed by atoms with Crippen LogP contribution >= 0.6 is 11.6 Å². The first-order valence-electron chi connectivity index (χ1n) is 6.36. The summed E-state index contributed by atoms with van der Waals surface area (Å²) in [5, 5.41) is 4.87. The van der Waals surface area contributed by atoms with Crippen molar-refractivity contribution < 1.29 is 4.79 Å². The van der Waals surface area contributed by atoms with Crippen LogP contribution in [0.15, 0.2) is 42.5 Å². The van der Waals surface area contributed by atoms with E-state index >= 15 is 0 Å². The Morgan fingerprint density at radius 2 is 1.79 bits per heavy atom. The number of fused-ring (bicyclic) bond motifs is 1. The van der Waals surface area contributed by atoms with Gasteiger partial charge in [-0.1, -0.05) is 36.4 Å². The Morgan fingerprint density at radius 3 is 2.47 bits per heavy atom. The van der Waals surface area contributed by atoms with Crippen molar-refractivity contribution in [2.75, 3.05) is 0 Å². The molecule has 1 amide bonds. The number of hydrogen-bond donors (Lipinski definition) is 1. The third-order valence-electron chi connectivity index (χ3n) is 3.46. The lowest BCUT2D eigenvalue weighted by Crippen LogP contribution is -2.49. The number of halogens is 1. The molecule has 1 atom stereocenters. The molecule has 100 valence electrons. The van der Waals surface area contributed by atoms with E-state index in [2.05, 4.69) is 5.32 Å². The van der Waals surface area contributed by atoms with Crippen LogP contribution in [0.25, 0.3) is 10.8 Å². The SMILES string of the molecule is CC(Cl)C(C)(C)NC(=O)c1cccc2ccccc12. The Kier molecular flexibility index (Phi) is 3.81. The van der Waals surface area contributed by atoms with Crippen molar-refractivity contribution in [3.8, 4) is 0 Å². The lowest BCUT2D eigenvalue weighted by molar-refractivity contribution is 0.0914.